The van der Waals surface area contributed by atoms with Crippen molar-refractivity contribution in [3.05, 3.63) is 34.3 Å². The Hall–Kier alpha value is -0.870. The molecule has 0 atom stereocenters. The zero-order chi connectivity index (χ0) is 13.5. The highest BCUT2D eigenvalue weighted by atomic mass is 79.9. The van der Waals surface area contributed by atoms with Crippen molar-refractivity contribution in [2.24, 2.45) is 5.92 Å². The maximum atomic E-state index is 11.8. The molecule has 1 aromatic rings. The summed E-state index contributed by atoms with van der Waals surface area (Å²) in [6.45, 7) is 2.82. The predicted octanol–water partition coefficient (Wildman–Crippen LogP) is 2.85. The predicted molar refractivity (Wildman–Crippen MR) is 80.8 cm³/mol. The van der Waals surface area contributed by atoms with E-state index in [1.807, 2.05) is 24.3 Å². The molecule has 1 heterocycles. The van der Waals surface area contributed by atoms with Crippen molar-refractivity contribution in [2.75, 3.05) is 13.1 Å². The molecule has 1 saturated heterocycles. The highest BCUT2D eigenvalue weighted by Gasteiger charge is 2.14. The lowest BCUT2D eigenvalue weighted by atomic mass is 9.93. The van der Waals surface area contributed by atoms with Crippen LogP contribution in [-0.2, 0) is 11.3 Å². The lowest BCUT2D eigenvalue weighted by Crippen LogP contribution is -2.29. The van der Waals surface area contributed by atoms with Crippen LogP contribution in [0, 0.1) is 5.92 Å². The molecule has 1 aliphatic rings. The van der Waals surface area contributed by atoms with Gasteiger partial charge in [0.15, 0.2) is 0 Å². The van der Waals surface area contributed by atoms with Crippen LogP contribution in [0.3, 0.4) is 0 Å². The Balaban J connectivity index is 1.66. The first-order valence-electron chi connectivity index (χ1n) is 6.96. The Morgan fingerprint density at radius 3 is 2.89 bits per heavy atom. The molecule has 1 fully saturated rings. The van der Waals surface area contributed by atoms with Crippen LogP contribution in [0.4, 0.5) is 0 Å². The molecule has 19 heavy (non-hydrogen) atoms. The quantitative estimate of drug-likeness (QED) is 0.874. The number of nitrogens with one attached hydrogen (secondary N) is 2. The lowest BCUT2D eigenvalue weighted by molar-refractivity contribution is -0.121. The average Bonchev–Trinajstić information content (AvgIpc) is 2.44. The number of rotatable bonds is 5. The second-order valence-electron chi connectivity index (χ2n) is 5.14. The molecular weight excluding hydrogens is 304 g/mol. The van der Waals surface area contributed by atoms with Crippen LogP contribution in [0.5, 0.6) is 0 Å². The van der Waals surface area contributed by atoms with Gasteiger partial charge in [-0.25, -0.2) is 0 Å². The van der Waals surface area contributed by atoms with E-state index >= 15 is 0 Å². The number of hydrogen-bond acceptors (Lipinski definition) is 2. The van der Waals surface area contributed by atoms with Crippen molar-refractivity contribution in [3.63, 3.8) is 0 Å². The highest BCUT2D eigenvalue weighted by Crippen LogP contribution is 2.17. The van der Waals surface area contributed by atoms with Crippen LogP contribution in [0.15, 0.2) is 28.7 Å². The number of amides is 1. The Bertz CT molecular complexity index is 416. The summed E-state index contributed by atoms with van der Waals surface area (Å²) in [6, 6.07) is 8.04. The van der Waals surface area contributed by atoms with Crippen LogP contribution in [0.25, 0.3) is 0 Å². The maximum absolute atomic E-state index is 11.8. The molecule has 0 aromatic heterocycles. The van der Waals surface area contributed by atoms with Crippen molar-refractivity contribution in [2.45, 2.75) is 32.2 Å². The molecule has 0 radical (unpaired) electrons. The fourth-order valence-electron chi connectivity index (χ4n) is 2.44. The van der Waals surface area contributed by atoms with Gasteiger partial charge in [-0.2, -0.15) is 0 Å². The van der Waals surface area contributed by atoms with Crippen molar-refractivity contribution in [1.29, 1.82) is 0 Å². The molecular formula is C15H21BrN2O. The molecule has 2 rings (SSSR count). The third-order valence-electron chi connectivity index (χ3n) is 3.62. The number of carbonyl (C=O) groups is 1. The van der Waals surface area contributed by atoms with E-state index in [2.05, 4.69) is 26.6 Å². The van der Waals surface area contributed by atoms with Gasteiger partial charge in [0, 0.05) is 17.4 Å². The molecule has 0 spiro atoms. The number of carbonyl (C=O) groups excluding carboxylic acids is 1. The number of hydrogen-bond donors (Lipinski definition) is 2. The zero-order valence-corrected chi connectivity index (χ0v) is 12.7. The number of benzene rings is 1. The van der Waals surface area contributed by atoms with Crippen LogP contribution >= 0.6 is 15.9 Å². The van der Waals surface area contributed by atoms with Crippen molar-refractivity contribution < 1.29 is 4.79 Å². The van der Waals surface area contributed by atoms with Crippen LogP contribution in [0.1, 0.15) is 31.2 Å². The Labute approximate surface area is 123 Å². The average molecular weight is 325 g/mol. The second-order valence-corrected chi connectivity index (χ2v) is 6.05. The van der Waals surface area contributed by atoms with Gasteiger partial charge in [0.25, 0.3) is 0 Å². The van der Waals surface area contributed by atoms with Gasteiger partial charge < -0.3 is 10.6 Å². The van der Waals surface area contributed by atoms with Gasteiger partial charge in [-0.05, 0) is 56.0 Å². The maximum Gasteiger partial charge on any atom is 0.220 e. The van der Waals surface area contributed by atoms with E-state index in [0.717, 1.165) is 35.5 Å². The SMILES string of the molecule is O=C(CCC1CCNCC1)NCc1cccc(Br)c1. The van der Waals surface area contributed by atoms with Crippen LogP contribution in [-0.4, -0.2) is 19.0 Å². The monoisotopic (exact) mass is 324 g/mol. The fraction of sp³-hybridized carbons (Fsp3) is 0.533. The number of halogens is 1. The minimum absolute atomic E-state index is 0.165. The summed E-state index contributed by atoms with van der Waals surface area (Å²) in [4.78, 5) is 11.8. The Kier molecular flexibility index (Phi) is 5.86. The summed E-state index contributed by atoms with van der Waals surface area (Å²) < 4.78 is 1.05. The molecule has 0 unspecified atom stereocenters. The summed E-state index contributed by atoms with van der Waals surface area (Å²) in [5.41, 5.74) is 1.13. The largest absolute Gasteiger partial charge is 0.352 e. The third kappa shape index (κ3) is 5.33. The molecule has 0 aliphatic carbocycles. The summed E-state index contributed by atoms with van der Waals surface area (Å²) in [5.74, 6) is 0.886. The van der Waals surface area contributed by atoms with Crippen LogP contribution < -0.4 is 10.6 Å². The van der Waals surface area contributed by atoms with E-state index in [-0.39, 0.29) is 5.91 Å². The molecule has 0 bridgehead atoms. The molecule has 1 aliphatic heterocycles. The number of piperidine rings is 1. The highest BCUT2D eigenvalue weighted by molar-refractivity contribution is 9.10. The van der Waals surface area contributed by atoms with E-state index in [9.17, 15) is 4.79 Å². The van der Waals surface area contributed by atoms with Crippen molar-refractivity contribution in [1.82, 2.24) is 10.6 Å². The summed E-state index contributed by atoms with van der Waals surface area (Å²) >= 11 is 3.43. The Morgan fingerprint density at radius 1 is 1.37 bits per heavy atom. The second kappa shape index (κ2) is 7.65. The summed E-state index contributed by atoms with van der Waals surface area (Å²) in [6.07, 6.45) is 4.09. The lowest BCUT2D eigenvalue weighted by Gasteiger charge is -2.22. The van der Waals surface area contributed by atoms with Crippen molar-refractivity contribution in [3.8, 4) is 0 Å². The summed E-state index contributed by atoms with van der Waals surface area (Å²) in [5, 5.41) is 6.34. The van der Waals surface area contributed by atoms with E-state index in [1.54, 1.807) is 0 Å². The minimum atomic E-state index is 0.165. The molecule has 1 amide bonds. The van der Waals surface area contributed by atoms with Gasteiger partial charge >= 0.3 is 0 Å². The van der Waals surface area contributed by atoms with E-state index in [0.29, 0.717) is 13.0 Å². The Morgan fingerprint density at radius 2 is 2.16 bits per heavy atom. The molecule has 3 nitrogen and oxygen atoms in total. The smallest absolute Gasteiger partial charge is 0.220 e. The van der Waals surface area contributed by atoms with Gasteiger partial charge in [0.1, 0.15) is 0 Å². The topological polar surface area (TPSA) is 41.1 Å². The standard InChI is InChI=1S/C15H21BrN2O/c16-14-3-1-2-13(10-14)11-18-15(19)5-4-12-6-8-17-9-7-12/h1-3,10,12,17H,4-9,11H2,(H,18,19). The normalized spacial score (nSPS) is 16.3. The zero-order valence-electron chi connectivity index (χ0n) is 11.1. The van der Waals surface area contributed by atoms with E-state index in [1.165, 1.54) is 12.8 Å². The van der Waals surface area contributed by atoms with Crippen LogP contribution in [0.2, 0.25) is 0 Å². The molecule has 4 heteroatoms. The summed E-state index contributed by atoms with van der Waals surface area (Å²) in [7, 11) is 0. The fourth-order valence-corrected chi connectivity index (χ4v) is 2.89. The van der Waals surface area contributed by atoms with E-state index < -0.39 is 0 Å². The first kappa shape index (κ1) is 14.5. The molecule has 2 N–H and O–H groups in total. The van der Waals surface area contributed by atoms with E-state index in [4.69, 9.17) is 0 Å². The van der Waals surface area contributed by atoms with Gasteiger partial charge in [-0.15, -0.1) is 0 Å². The molecule has 1 aromatic carbocycles. The van der Waals surface area contributed by atoms with Gasteiger partial charge in [0.2, 0.25) is 5.91 Å². The third-order valence-corrected chi connectivity index (χ3v) is 4.11. The first-order valence-corrected chi connectivity index (χ1v) is 7.75. The van der Waals surface area contributed by atoms with Gasteiger partial charge in [-0.3, -0.25) is 4.79 Å². The molecule has 104 valence electrons. The van der Waals surface area contributed by atoms with Gasteiger partial charge in [0.05, 0.1) is 0 Å². The first-order chi connectivity index (χ1) is 9.24. The van der Waals surface area contributed by atoms with Gasteiger partial charge in [-0.1, -0.05) is 28.1 Å². The molecule has 0 saturated carbocycles. The van der Waals surface area contributed by atoms with Crippen molar-refractivity contribution >= 4 is 21.8 Å². The minimum Gasteiger partial charge on any atom is -0.352 e.